The molecule has 0 radical (unpaired) electrons. The Morgan fingerprint density at radius 1 is 1.53 bits per heavy atom. The molecule has 1 N–H and O–H groups in total. The largest absolute Gasteiger partial charge is 0.481 e. The van der Waals surface area contributed by atoms with E-state index in [0.29, 0.717) is 13.1 Å². The highest BCUT2D eigenvalue weighted by atomic mass is 16.4. The van der Waals surface area contributed by atoms with Gasteiger partial charge in [-0.15, -0.1) is 0 Å². The summed E-state index contributed by atoms with van der Waals surface area (Å²) in [6, 6.07) is 0. The number of aliphatic carboxylic acids is 1. The molecule has 0 fully saturated rings. The molecular weight excluding hydrogens is 192 g/mol. The molecule has 0 aliphatic rings. The highest BCUT2D eigenvalue weighted by molar-refractivity contribution is 5.68. The van der Waals surface area contributed by atoms with Crippen molar-refractivity contribution in [3.63, 3.8) is 0 Å². The first-order valence-corrected chi connectivity index (χ1v) is 4.70. The number of nitrogens with zero attached hydrogens (tertiary/aromatic N) is 2. The van der Waals surface area contributed by atoms with E-state index >= 15 is 0 Å². The molecule has 0 bridgehead atoms. The molecule has 15 heavy (non-hydrogen) atoms. The summed E-state index contributed by atoms with van der Waals surface area (Å²) in [4.78, 5) is 10.7. The third-order valence-corrected chi connectivity index (χ3v) is 2.05. The normalized spacial score (nSPS) is 9.87. The maximum absolute atomic E-state index is 10.7. The molecule has 1 heterocycles. The number of imidazole rings is 1. The van der Waals surface area contributed by atoms with Crippen LogP contribution in [0.2, 0.25) is 0 Å². The molecule has 0 aromatic carbocycles. The van der Waals surface area contributed by atoms with Crippen LogP contribution in [0.1, 0.15) is 5.82 Å². The summed E-state index contributed by atoms with van der Waals surface area (Å²) in [6.45, 7) is 8.50. The van der Waals surface area contributed by atoms with Gasteiger partial charge in [0.2, 0.25) is 0 Å². The van der Waals surface area contributed by atoms with Crippen LogP contribution < -0.4 is 4.57 Å². The van der Waals surface area contributed by atoms with E-state index in [0.717, 1.165) is 5.82 Å². The molecular formula is C11H15N2O2+. The fraction of sp³-hybridized carbons (Fsp3) is 0.273. The second-order valence-electron chi connectivity index (χ2n) is 3.17. The lowest BCUT2D eigenvalue weighted by molar-refractivity contribution is -0.693. The average molecular weight is 207 g/mol. The van der Waals surface area contributed by atoms with Crippen molar-refractivity contribution in [2.45, 2.75) is 19.5 Å². The van der Waals surface area contributed by atoms with Crippen LogP contribution in [0.25, 0.3) is 0 Å². The fourth-order valence-electron chi connectivity index (χ4n) is 1.45. The number of aromatic nitrogens is 2. The summed E-state index contributed by atoms with van der Waals surface area (Å²) in [5, 5.41) is 8.79. The molecule has 1 rings (SSSR count). The van der Waals surface area contributed by atoms with Gasteiger partial charge in [-0.25, -0.2) is 9.13 Å². The molecule has 0 atom stereocenters. The van der Waals surface area contributed by atoms with Crippen molar-refractivity contribution >= 4 is 5.97 Å². The predicted octanol–water partition coefficient (Wildman–Crippen LogP) is 0.775. The number of carboxylic acid groups (broad SMARTS) is 1. The molecule has 1 aromatic rings. The van der Waals surface area contributed by atoms with Gasteiger partial charge in [0.15, 0.2) is 0 Å². The Morgan fingerprint density at radius 3 is 2.80 bits per heavy atom. The molecule has 0 unspecified atom stereocenters. The van der Waals surface area contributed by atoms with Gasteiger partial charge in [0, 0.05) is 0 Å². The summed E-state index contributed by atoms with van der Waals surface area (Å²) in [6.07, 6.45) is 7.19. The molecule has 0 aliphatic heterocycles. The Kier molecular flexibility index (Phi) is 3.85. The van der Waals surface area contributed by atoms with Crippen molar-refractivity contribution in [1.29, 1.82) is 0 Å². The third kappa shape index (κ3) is 2.80. The van der Waals surface area contributed by atoms with E-state index in [1.807, 2.05) is 21.5 Å². The minimum absolute atomic E-state index is 0.00861. The van der Waals surface area contributed by atoms with Crippen LogP contribution in [0.15, 0.2) is 37.7 Å². The Bertz CT molecular complexity index is 352. The molecule has 0 saturated carbocycles. The number of hydrogen-bond donors (Lipinski definition) is 1. The highest BCUT2D eigenvalue weighted by Gasteiger charge is 2.18. The fourth-order valence-corrected chi connectivity index (χ4v) is 1.45. The Morgan fingerprint density at radius 2 is 2.27 bits per heavy atom. The number of rotatable bonds is 6. The molecule has 4 heteroatoms. The van der Waals surface area contributed by atoms with E-state index in [9.17, 15) is 4.79 Å². The summed E-state index contributed by atoms with van der Waals surface area (Å²) < 4.78 is 3.73. The van der Waals surface area contributed by atoms with E-state index in [-0.39, 0.29) is 6.42 Å². The highest BCUT2D eigenvalue weighted by Crippen LogP contribution is 1.98. The second kappa shape index (κ2) is 5.14. The Labute approximate surface area is 88.8 Å². The van der Waals surface area contributed by atoms with Gasteiger partial charge in [0.05, 0.1) is 0 Å². The first-order chi connectivity index (χ1) is 7.19. The zero-order valence-corrected chi connectivity index (χ0v) is 8.59. The van der Waals surface area contributed by atoms with Gasteiger partial charge >= 0.3 is 5.97 Å². The van der Waals surface area contributed by atoms with Crippen LogP contribution in [0.3, 0.4) is 0 Å². The van der Waals surface area contributed by atoms with Gasteiger partial charge in [-0.3, -0.25) is 4.79 Å². The number of carboxylic acids is 1. The second-order valence-corrected chi connectivity index (χ2v) is 3.17. The minimum Gasteiger partial charge on any atom is -0.481 e. The maximum atomic E-state index is 10.7. The van der Waals surface area contributed by atoms with Crippen LogP contribution >= 0.6 is 0 Å². The topological polar surface area (TPSA) is 46.1 Å². The van der Waals surface area contributed by atoms with Gasteiger partial charge < -0.3 is 5.11 Å². The van der Waals surface area contributed by atoms with E-state index in [4.69, 9.17) is 5.11 Å². The summed E-state index contributed by atoms with van der Waals surface area (Å²) in [5.41, 5.74) is 0. The van der Waals surface area contributed by atoms with Crippen molar-refractivity contribution in [3.8, 4) is 0 Å². The lowest BCUT2D eigenvalue weighted by Gasteiger charge is -1.99. The zero-order valence-electron chi connectivity index (χ0n) is 8.59. The summed E-state index contributed by atoms with van der Waals surface area (Å²) >= 11 is 0. The molecule has 4 nitrogen and oxygen atoms in total. The number of allylic oxidation sites excluding steroid dienone is 2. The van der Waals surface area contributed by atoms with Crippen LogP contribution in [-0.4, -0.2) is 15.6 Å². The molecule has 0 spiro atoms. The first kappa shape index (κ1) is 11.2. The van der Waals surface area contributed by atoms with Crippen molar-refractivity contribution in [2.75, 3.05) is 0 Å². The smallest absolute Gasteiger partial charge is 0.315 e. The monoisotopic (exact) mass is 207 g/mol. The van der Waals surface area contributed by atoms with Crippen molar-refractivity contribution in [2.24, 2.45) is 0 Å². The molecule has 0 aliphatic carbocycles. The average Bonchev–Trinajstić information content (AvgIpc) is 2.51. The molecule has 0 saturated heterocycles. The van der Waals surface area contributed by atoms with Crippen molar-refractivity contribution in [3.05, 3.63) is 43.5 Å². The molecule has 80 valence electrons. The van der Waals surface area contributed by atoms with Crippen molar-refractivity contribution < 1.29 is 14.5 Å². The van der Waals surface area contributed by atoms with Gasteiger partial charge in [-0.2, -0.15) is 0 Å². The standard InChI is InChI=1S/C11H14N2O2/c1-3-5-12-7-8-13(6-4-2)10(12)9-11(14)15/h3-4,7-8H,1-2,5-6,9H2/p+1. The van der Waals surface area contributed by atoms with Crippen LogP contribution in [0, 0.1) is 0 Å². The number of hydrogen-bond acceptors (Lipinski definition) is 1. The van der Waals surface area contributed by atoms with Crippen molar-refractivity contribution in [1.82, 2.24) is 4.57 Å². The van der Waals surface area contributed by atoms with Gasteiger partial charge in [0.25, 0.3) is 5.82 Å². The SMILES string of the molecule is C=CCn1cc[n+](CC=C)c1CC(=O)O. The Hall–Kier alpha value is -1.84. The molecule has 1 aromatic heterocycles. The van der Waals surface area contributed by atoms with E-state index in [1.54, 1.807) is 12.2 Å². The Balaban J connectivity index is 3.00. The number of carbonyl (C=O) groups is 1. The third-order valence-electron chi connectivity index (χ3n) is 2.05. The van der Waals surface area contributed by atoms with Crippen LogP contribution in [0.4, 0.5) is 0 Å². The van der Waals surface area contributed by atoms with E-state index in [1.165, 1.54) is 0 Å². The van der Waals surface area contributed by atoms with Gasteiger partial charge in [-0.05, 0) is 0 Å². The van der Waals surface area contributed by atoms with E-state index < -0.39 is 5.97 Å². The summed E-state index contributed by atoms with van der Waals surface area (Å²) in [7, 11) is 0. The minimum atomic E-state index is -0.836. The van der Waals surface area contributed by atoms with Gasteiger partial charge in [0.1, 0.15) is 31.9 Å². The lowest BCUT2D eigenvalue weighted by atomic mass is 10.4. The van der Waals surface area contributed by atoms with E-state index in [2.05, 4.69) is 13.2 Å². The quantitative estimate of drug-likeness (QED) is 0.553. The predicted molar refractivity (Wildman–Crippen MR) is 56.4 cm³/mol. The van der Waals surface area contributed by atoms with Gasteiger partial charge in [-0.1, -0.05) is 25.3 Å². The lowest BCUT2D eigenvalue weighted by Crippen LogP contribution is -2.37. The first-order valence-electron chi connectivity index (χ1n) is 4.70. The zero-order chi connectivity index (χ0) is 11.3. The van der Waals surface area contributed by atoms with Crippen LogP contribution in [0.5, 0.6) is 0 Å². The molecule has 0 amide bonds. The maximum Gasteiger partial charge on any atom is 0.315 e. The van der Waals surface area contributed by atoms with Crippen LogP contribution in [-0.2, 0) is 24.3 Å². The summed E-state index contributed by atoms with van der Waals surface area (Å²) in [5.74, 6) is -0.0841.